The number of rotatable bonds is 5. The molecule has 24 heavy (non-hydrogen) atoms. The van der Waals surface area contributed by atoms with E-state index in [9.17, 15) is 9.90 Å². The van der Waals surface area contributed by atoms with E-state index in [0.717, 1.165) is 11.1 Å². The monoisotopic (exact) mass is 340 g/mol. The zero-order valence-electron chi connectivity index (χ0n) is 13.4. The van der Waals surface area contributed by atoms with E-state index in [4.69, 9.17) is 4.99 Å². The van der Waals surface area contributed by atoms with Gasteiger partial charge in [-0.25, -0.2) is 0 Å². The van der Waals surface area contributed by atoms with Gasteiger partial charge in [-0.1, -0.05) is 79.3 Å². The molecule has 0 aliphatic carbocycles. The number of carbonyl (C=O) groups is 1. The Morgan fingerprint density at radius 3 is 2.25 bits per heavy atom. The van der Waals surface area contributed by atoms with Gasteiger partial charge in [0, 0.05) is 0 Å². The van der Waals surface area contributed by atoms with Crippen molar-refractivity contribution < 1.29 is 9.90 Å². The lowest BCUT2D eigenvalue weighted by Crippen LogP contribution is -2.26. The number of aliphatic imine (C=N–C) groups is 1. The molecule has 5 heteroatoms. The molecule has 0 bridgehead atoms. The van der Waals surface area contributed by atoms with Gasteiger partial charge in [0.1, 0.15) is 11.3 Å². The summed E-state index contributed by atoms with van der Waals surface area (Å²) < 4.78 is 0. The topological polar surface area (TPSA) is 61.7 Å². The highest BCUT2D eigenvalue weighted by Gasteiger charge is 2.33. The van der Waals surface area contributed by atoms with Crippen molar-refractivity contribution in [2.24, 2.45) is 4.99 Å². The molecule has 0 saturated carbocycles. The lowest BCUT2D eigenvalue weighted by atomic mass is 9.95. The lowest BCUT2D eigenvalue weighted by Gasteiger charge is -2.19. The summed E-state index contributed by atoms with van der Waals surface area (Å²) in [6.45, 7) is 1.88. The van der Waals surface area contributed by atoms with Gasteiger partial charge in [0.2, 0.25) is 0 Å². The fourth-order valence-electron chi connectivity index (χ4n) is 2.80. The van der Waals surface area contributed by atoms with Gasteiger partial charge in [-0.3, -0.25) is 9.79 Å². The molecule has 2 aromatic carbocycles. The van der Waals surface area contributed by atoms with Gasteiger partial charge in [0.05, 0.1) is 6.04 Å². The summed E-state index contributed by atoms with van der Waals surface area (Å²) in [6, 6.07) is 20.2. The van der Waals surface area contributed by atoms with Crippen LogP contribution in [0.15, 0.2) is 65.7 Å². The smallest absolute Gasteiger partial charge is 0.317 e. The molecule has 0 spiro atoms. The molecule has 3 unspecified atom stereocenters. The molecule has 124 valence electrons. The Kier molecular flexibility index (Phi) is 5.20. The zero-order valence-corrected chi connectivity index (χ0v) is 14.2. The third-order valence-electron chi connectivity index (χ3n) is 4.05. The van der Waals surface area contributed by atoms with E-state index in [1.807, 2.05) is 43.3 Å². The number of carboxylic acids is 1. The molecule has 2 N–H and O–H groups in total. The maximum absolute atomic E-state index is 11.3. The molecule has 1 aliphatic rings. The van der Waals surface area contributed by atoms with Gasteiger partial charge in [0.15, 0.2) is 5.17 Å². The number of nitrogens with zero attached hydrogens (tertiary/aromatic N) is 1. The molecule has 0 fully saturated rings. The summed E-state index contributed by atoms with van der Waals surface area (Å²) in [4.78, 5) is 16.1. The number of aliphatic carboxylic acids is 1. The number of hydrogen-bond acceptors (Lipinski definition) is 4. The zero-order chi connectivity index (χ0) is 16.9. The molecular formula is C19H20N2O2S. The first kappa shape index (κ1) is 16.6. The van der Waals surface area contributed by atoms with Crippen LogP contribution in [-0.2, 0) is 4.79 Å². The van der Waals surface area contributed by atoms with Gasteiger partial charge in [-0.2, -0.15) is 0 Å². The van der Waals surface area contributed by atoms with E-state index in [1.165, 1.54) is 11.8 Å². The van der Waals surface area contributed by atoms with E-state index < -0.39 is 11.2 Å². The minimum Gasteiger partial charge on any atom is -0.480 e. The number of carboxylic acid groups (broad SMARTS) is 1. The normalized spacial score (nSPS) is 21.0. The van der Waals surface area contributed by atoms with Gasteiger partial charge < -0.3 is 10.4 Å². The Balaban J connectivity index is 1.89. The van der Waals surface area contributed by atoms with Gasteiger partial charge in [0.25, 0.3) is 0 Å². The van der Waals surface area contributed by atoms with Crippen molar-refractivity contribution in [2.45, 2.75) is 30.7 Å². The summed E-state index contributed by atoms with van der Waals surface area (Å²) in [6.07, 6.45) is 0.562. The van der Waals surface area contributed by atoms with Gasteiger partial charge in [-0.15, -0.1) is 0 Å². The maximum atomic E-state index is 11.3. The second-order valence-electron chi connectivity index (χ2n) is 5.68. The third kappa shape index (κ3) is 3.62. The van der Waals surface area contributed by atoms with E-state index in [2.05, 4.69) is 29.6 Å². The minimum absolute atomic E-state index is 0.0161. The summed E-state index contributed by atoms with van der Waals surface area (Å²) in [7, 11) is 0. The second kappa shape index (κ2) is 7.53. The highest BCUT2D eigenvalue weighted by Crippen LogP contribution is 2.38. The van der Waals surface area contributed by atoms with Crippen LogP contribution in [0, 0.1) is 0 Å². The predicted molar refractivity (Wildman–Crippen MR) is 98.2 cm³/mol. The molecule has 0 amide bonds. The summed E-state index contributed by atoms with van der Waals surface area (Å²) in [5.41, 5.74) is 2.27. The Labute approximate surface area is 146 Å². The van der Waals surface area contributed by atoms with E-state index >= 15 is 0 Å². The summed E-state index contributed by atoms with van der Waals surface area (Å²) >= 11 is 1.30. The largest absolute Gasteiger partial charge is 0.480 e. The van der Waals surface area contributed by atoms with Crippen LogP contribution in [0.2, 0.25) is 0 Å². The average molecular weight is 340 g/mol. The second-order valence-corrected chi connectivity index (χ2v) is 6.87. The molecule has 0 radical (unpaired) electrons. The van der Waals surface area contributed by atoms with Crippen molar-refractivity contribution in [3.63, 3.8) is 0 Å². The fraction of sp³-hybridized carbons (Fsp3) is 0.263. The predicted octanol–water partition coefficient (Wildman–Crippen LogP) is 4.02. The van der Waals surface area contributed by atoms with Crippen LogP contribution < -0.4 is 5.32 Å². The molecule has 3 rings (SSSR count). The molecule has 4 nitrogen and oxygen atoms in total. The Morgan fingerprint density at radius 2 is 1.71 bits per heavy atom. The molecule has 1 aliphatic heterocycles. The third-order valence-corrected chi connectivity index (χ3v) is 5.32. The summed E-state index contributed by atoms with van der Waals surface area (Å²) in [5, 5.41) is 12.9. The lowest BCUT2D eigenvalue weighted by molar-refractivity contribution is -0.136. The maximum Gasteiger partial charge on any atom is 0.317 e. The fourth-order valence-corrected chi connectivity index (χ4v) is 3.71. The first-order valence-electron chi connectivity index (χ1n) is 8.02. The van der Waals surface area contributed by atoms with Crippen molar-refractivity contribution in [2.75, 3.05) is 0 Å². The Morgan fingerprint density at radius 1 is 1.12 bits per heavy atom. The molecule has 0 aromatic heterocycles. The number of hydrogen-bond donors (Lipinski definition) is 2. The van der Waals surface area contributed by atoms with Crippen molar-refractivity contribution in [1.82, 2.24) is 5.32 Å². The SMILES string of the molecule is CCC(SC1=NC(c2ccccc2)C(c2ccccc2)N1)C(=O)O. The highest BCUT2D eigenvalue weighted by atomic mass is 32.2. The standard InChI is InChI=1S/C19H20N2O2S/c1-2-15(18(22)23)24-19-20-16(13-9-5-3-6-10-13)17(21-19)14-11-7-4-8-12-14/h3-12,15-17H,2H2,1H3,(H,20,21)(H,22,23). The van der Waals surface area contributed by atoms with Gasteiger partial charge >= 0.3 is 5.97 Å². The Hall–Kier alpha value is -2.27. The molecule has 0 saturated heterocycles. The van der Waals surface area contributed by atoms with Crippen molar-refractivity contribution >= 4 is 22.9 Å². The van der Waals surface area contributed by atoms with Crippen LogP contribution in [0.1, 0.15) is 36.6 Å². The van der Waals surface area contributed by atoms with Crippen molar-refractivity contribution in [3.05, 3.63) is 71.8 Å². The molecule has 3 atom stereocenters. The van der Waals surface area contributed by atoms with Crippen LogP contribution in [-0.4, -0.2) is 21.5 Å². The van der Waals surface area contributed by atoms with Crippen LogP contribution >= 0.6 is 11.8 Å². The first-order chi connectivity index (χ1) is 11.7. The molecular weight excluding hydrogens is 320 g/mol. The van der Waals surface area contributed by atoms with Crippen LogP contribution in [0.25, 0.3) is 0 Å². The van der Waals surface area contributed by atoms with Crippen molar-refractivity contribution in [1.29, 1.82) is 0 Å². The summed E-state index contributed by atoms with van der Waals surface area (Å²) in [5.74, 6) is -0.800. The molecule has 1 heterocycles. The molecule has 2 aromatic rings. The van der Waals surface area contributed by atoms with E-state index in [0.29, 0.717) is 11.6 Å². The average Bonchev–Trinajstić information content (AvgIpc) is 3.05. The van der Waals surface area contributed by atoms with Gasteiger partial charge in [-0.05, 0) is 17.5 Å². The van der Waals surface area contributed by atoms with E-state index in [1.54, 1.807) is 0 Å². The highest BCUT2D eigenvalue weighted by molar-refractivity contribution is 8.14. The quantitative estimate of drug-likeness (QED) is 0.863. The number of amidine groups is 1. The van der Waals surface area contributed by atoms with Crippen LogP contribution in [0.4, 0.5) is 0 Å². The number of nitrogens with one attached hydrogen (secondary N) is 1. The van der Waals surface area contributed by atoms with E-state index in [-0.39, 0.29) is 12.1 Å². The van der Waals surface area contributed by atoms with Crippen LogP contribution in [0.3, 0.4) is 0 Å². The minimum atomic E-state index is -0.800. The van der Waals surface area contributed by atoms with Crippen LogP contribution in [0.5, 0.6) is 0 Å². The van der Waals surface area contributed by atoms with Crippen molar-refractivity contribution in [3.8, 4) is 0 Å². The first-order valence-corrected chi connectivity index (χ1v) is 8.90. The number of benzene rings is 2. The Bertz CT molecular complexity index is 719. The number of thioether (sulfide) groups is 1.